The molecule has 3 rings (SSSR count). The number of anilines is 1. The van der Waals surface area contributed by atoms with E-state index in [4.69, 9.17) is 0 Å². The van der Waals surface area contributed by atoms with E-state index in [1.165, 1.54) is 12.8 Å². The molecular formula is C17H21NO3. The first kappa shape index (κ1) is 14.1. The van der Waals surface area contributed by atoms with E-state index in [0.717, 1.165) is 24.0 Å². The summed E-state index contributed by atoms with van der Waals surface area (Å²) in [7, 11) is 0. The molecule has 0 radical (unpaired) electrons. The highest BCUT2D eigenvalue weighted by Gasteiger charge is 2.54. The van der Waals surface area contributed by atoms with E-state index < -0.39 is 5.97 Å². The smallest absolute Gasteiger partial charge is 0.336 e. The van der Waals surface area contributed by atoms with Crippen LogP contribution in [-0.2, 0) is 4.79 Å². The first-order valence-electron chi connectivity index (χ1n) is 7.64. The monoisotopic (exact) mass is 287 g/mol. The van der Waals surface area contributed by atoms with Gasteiger partial charge in [-0.3, -0.25) is 4.79 Å². The van der Waals surface area contributed by atoms with Gasteiger partial charge in [-0.15, -0.1) is 0 Å². The molecule has 2 N–H and O–H groups in total. The van der Waals surface area contributed by atoms with E-state index in [0.29, 0.717) is 17.5 Å². The molecule has 4 nitrogen and oxygen atoms in total. The van der Waals surface area contributed by atoms with E-state index >= 15 is 0 Å². The van der Waals surface area contributed by atoms with Crippen LogP contribution in [0.5, 0.6) is 0 Å². The van der Waals surface area contributed by atoms with Crippen molar-refractivity contribution in [2.45, 2.75) is 39.5 Å². The third-order valence-electron chi connectivity index (χ3n) is 5.12. The van der Waals surface area contributed by atoms with Crippen LogP contribution in [0.2, 0.25) is 0 Å². The lowest BCUT2D eigenvalue weighted by Gasteiger charge is -2.10. The van der Waals surface area contributed by atoms with Crippen molar-refractivity contribution in [1.82, 2.24) is 0 Å². The van der Waals surface area contributed by atoms with Crippen LogP contribution in [0.25, 0.3) is 0 Å². The van der Waals surface area contributed by atoms with Gasteiger partial charge in [0.05, 0.1) is 5.56 Å². The van der Waals surface area contributed by atoms with Gasteiger partial charge in [-0.05, 0) is 61.8 Å². The Bertz CT molecular complexity index is 596. The maximum absolute atomic E-state index is 12.4. The molecule has 2 fully saturated rings. The zero-order chi connectivity index (χ0) is 15.1. The van der Waals surface area contributed by atoms with E-state index in [1.807, 2.05) is 13.0 Å². The van der Waals surface area contributed by atoms with Crippen LogP contribution in [0.4, 0.5) is 5.69 Å². The standard InChI is InChI=1S/C17H21NO3/c1-9-7-11(8-14(10(9)2)17(20)21)18-16(19)15-12-5-3-4-6-13(12)15/h7-8,12-13,15H,3-6H2,1-2H3,(H,18,19)(H,20,21). The largest absolute Gasteiger partial charge is 0.478 e. The van der Waals surface area contributed by atoms with Gasteiger partial charge in [0.25, 0.3) is 0 Å². The first-order chi connectivity index (χ1) is 9.99. The van der Waals surface area contributed by atoms with Gasteiger partial charge in [0.15, 0.2) is 0 Å². The van der Waals surface area contributed by atoms with Crippen molar-refractivity contribution in [3.05, 3.63) is 28.8 Å². The van der Waals surface area contributed by atoms with Crippen molar-refractivity contribution in [1.29, 1.82) is 0 Å². The molecule has 0 spiro atoms. The van der Waals surface area contributed by atoms with Crippen molar-refractivity contribution in [2.24, 2.45) is 17.8 Å². The van der Waals surface area contributed by atoms with Gasteiger partial charge in [-0.2, -0.15) is 0 Å². The topological polar surface area (TPSA) is 66.4 Å². The zero-order valence-electron chi connectivity index (χ0n) is 12.5. The molecule has 2 saturated carbocycles. The lowest BCUT2D eigenvalue weighted by Crippen LogP contribution is -2.16. The quantitative estimate of drug-likeness (QED) is 0.895. The molecule has 0 aromatic heterocycles. The molecule has 2 aliphatic carbocycles. The van der Waals surface area contributed by atoms with Crippen LogP contribution in [0, 0.1) is 31.6 Å². The highest BCUT2D eigenvalue weighted by atomic mass is 16.4. The highest BCUT2D eigenvalue weighted by molar-refractivity contribution is 5.97. The summed E-state index contributed by atoms with van der Waals surface area (Å²) in [5, 5.41) is 12.1. The Morgan fingerprint density at radius 2 is 1.76 bits per heavy atom. The predicted molar refractivity (Wildman–Crippen MR) is 80.4 cm³/mol. The summed E-state index contributed by atoms with van der Waals surface area (Å²) in [5.41, 5.74) is 2.50. The van der Waals surface area contributed by atoms with Gasteiger partial charge in [-0.1, -0.05) is 12.8 Å². The van der Waals surface area contributed by atoms with Crippen LogP contribution in [-0.4, -0.2) is 17.0 Å². The SMILES string of the molecule is Cc1cc(NC(=O)C2C3CCCCC32)cc(C(=O)O)c1C. The zero-order valence-corrected chi connectivity index (χ0v) is 12.5. The molecular weight excluding hydrogens is 266 g/mol. The van der Waals surface area contributed by atoms with Crippen LogP contribution in [0.15, 0.2) is 12.1 Å². The number of nitrogens with one attached hydrogen (secondary N) is 1. The fourth-order valence-electron chi connectivity index (χ4n) is 3.76. The summed E-state index contributed by atoms with van der Waals surface area (Å²) in [6, 6.07) is 3.42. The maximum atomic E-state index is 12.4. The van der Waals surface area contributed by atoms with Gasteiger partial charge in [0, 0.05) is 11.6 Å². The third kappa shape index (κ3) is 2.55. The molecule has 112 valence electrons. The first-order valence-corrected chi connectivity index (χ1v) is 7.64. The number of hydrogen-bond donors (Lipinski definition) is 2. The minimum Gasteiger partial charge on any atom is -0.478 e. The van der Waals surface area contributed by atoms with Crippen LogP contribution >= 0.6 is 0 Å². The number of carbonyl (C=O) groups is 2. The number of rotatable bonds is 3. The number of carboxylic acids is 1. The van der Waals surface area contributed by atoms with Gasteiger partial charge >= 0.3 is 5.97 Å². The summed E-state index contributed by atoms with van der Waals surface area (Å²) >= 11 is 0. The molecule has 0 heterocycles. The van der Waals surface area contributed by atoms with Crippen LogP contribution < -0.4 is 5.32 Å². The van der Waals surface area contributed by atoms with Crippen molar-refractivity contribution in [2.75, 3.05) is 5.32 Å². The summed E-state index contributed by atoms with van der Waals surface area (Å²) in [5.74, 6) is 0.370. The molecule has 0 bridgehead atoms. The third-order valence-corrected chi connectivity index (χ3v) is 5.12. The highest BCUT2D eigenvalue weighted by Crippen LogP contribution is 2.55. The molecule has 2 aliphatic rings. The number of hydrogen-bond acceptors (Lipinski definition) is 2. The molecule has 1 amide bonds. The van der Waals surface area contributed by atoms with Crippen molar-refractivity contribution in [3.63, 3.8) is 0 Å². The molecule has 0 aliphatic heterocycles. The molecule has 2 unspecified atom stereocenters. The summed E-state index contributed by atoms with van der Waals surface area (Å²) in [6.07, 6.45) is 4.79. The van der Waals surface area contributed by atoms with E-state index in [1.54, 1.807) is 13.0 Å². The second-order valence-corrected chi connectivity index (χ2v) is 6.40. The lowest BCUT2D eigenvalue weighted by atomic mass is 10.0. The Kier molecular flexibility index (Phi) is 3.47. The summed E-state index contributed by atoms with van der Waals surface area (Å²) in [4.78, 5) is 23.6. The fraction of sp³-hybridized carbons (Fsp3) is 0.529. The average Bonchev–Trinajstić information content (AvgIpc) is 3.16. The Morgan fingerprint density at radius 1 is 1.14 bits per heavy atom. The van der Waals surface area contributed by atoms with Crippen LogP contribution in [0.3, 0.4) is 0 Å². The number of carbonyl (C=O) groups excluding carboxylic acids is 1. The van der Waals surface area contributed by atoms with E-state index in [2.05, 4.69) is 5.32 Å². The molecule has 21 heavy (non-hydrogen) atoms. The fourth-order valence-corrected chi connectivity index (χ4v) is 3.76. The number of carboxylic acid groups (broad SMARTS) is 1. The lowest BCUT2D eigenvalue weighted by molar-refractivity contribution is -0.117. The minimum absolute atomic E-state index is 0.0616. The average molecular weight is 287 g/mol. The molecule has 2 atom stereocenters. The number of amides is 1. The molecule has 0 saturated heterocycles. The van der Waals surface area contributed by atoms with E-state index in [-0.39, 0.29) is 17.4 Å². The van der Waals surface area contributed by atoms with Crippen LogP contribution in [0.1, 0.15) is 47.2 Å². The second-order valence-electron chi connectivity index (χ2n) is 6.40. The second kappa shape index (κ2) is 5.17. The predicted octanol–water partition coefficient (Wildman–Crippen LogP) is 3.38. The van der Waals surface area contributed by atoms with Crippen molar-refractivity contribution < 1.29 is 14.7 Å². The van der Waals surface area contributed by atoms with Gasteiger partial charge in [0.1, 0.15) is 0 Å². The number of aromatic carboxylic acids is 1. The van der Waals surface area contributed by atoms with Gasteiger partial charge in [0.2, 0.25) is 5.91 Å². The molecule has 1 aromatic rings. The summed E-state index contributed by atoms with van der Waals surface area (Å²) < 4.78 is 0. The Hall–Kier alpha value is -1.84. The Morgan fingerprint density at radius 3 is 2.33 bits per heavy atom. The minimum atomic E-state index is -0.952. The number of benzene rings is 1. The Labute approximate surface area is 124 Å². The normalized spacial score (nSPS) is 26.9. The van der Waals surface area contributed by atoms with Crippen molar-refractivity contribution >= 4 is 17.6 Å². The maximum Gasteiger partial charge on any atom is 0.336 e. The van der Waals surface area contributed by atoms with Crippen molar-refractivity contribution in [3.8, 4) is 0 Å². The summed E-state index contributed by atoms with van der Waals surface area (Å²) in [6.45, 7) is 3.66. The number of aryl methyl sites for hydroxylation is 1. The van der Waals surface area contributed by atoms with Gasteiger partial charge in [-0.25, -0.2) is 4.79 Å². The number of fused-ring (bicyclic) bond motifs is 1. The molecule has 4 heteroatoms. The molecule has 1 aromatic carbocycles. The van der Waals surface area contributed by atoms with E-state index in [9.17, 15) is 14.7 Å². The Balaban J connectivity index is 1.76. The van der Waals surface area contributed by atoms with Gasteiger partial charge < -0.3 is 10.4 Å².